The number of rotatable bonds is 5. The van der Waals surface area contributed by atoms with Crippen LogP contribution in [-0.4, -0.2) is 34.9 Å². The number of benzene rings is 1. The first-order valence-corrected chi connectivity index (χ1v) is 7.32. The van der Waals surface area contributed by atoms with Crippen molar-refractivity contribution >= 4 is 17.5 Å². The third-order valence-electron chi connectivity index (χ3n) is 3.27. The molecule has 120 valence electrons. The molecule has 1 aromatic carbocycles. The monoisotopic (exact) mass is 332 g/mol. The molecule has 2 rings (SSSR count). The molecule has 0 spiro atoms. The van der Waals surface area contributed by atoms with Gasteiger partial charge in [0, 0.05) is 12.8 Å². The molecular weight excluding hydrogens is 316 g/mol. The van der Waals surface area contributed by atoms with Gasteiger partial charge in [-0.05, 0) is 32.0 Å². The lowest BCUT2D eigenvalue weighted by Crippen LogP contribution is -2.48. The highest BCUT2D eigenvalue weighted by Crippen LogP contribution is 2.21. The van der Waals surface area contributed by atoms with Gasteiger partial charge in [-0.3, -0.25) is 4.79 Å². The van der Waals surface area contributed by atoms with E-state index in [1.54, 1.807) is 23.7 Å². The van der Waals surface area contributed by atoms with Crippen LogP contribution in [0, 0.1) is 18.3 Å². The first kappa shape index (κ1) is 17.0. The fraction of sp³-hybridized carbons (Fsp3) is 0.312. The molecule has 0 saturated heterocycles. The molecule has 7 heteroatoms. The van der Waals surface area contributed by atoms with Crippen molar-refractivity contribution in [2.45, 2.75) is 19.4 Å². The van der Waals surface area contributed by atoms with Crippen LogP contribution in [0.1, 0.15) is 23.1 Å². The van der Waals surface area contributed by atoms with Crippen LogP contribution in [0.3, 0.4) is 0 Å². The Labute approximate surface area is 139 Å². The molecule has 6 nitrogen and oxygen atoms in total. The number of hydrogen-bond acceptors (Lipinski definition) is 4. The number of carbonyl (C=O) groups excluding carboxylic acids is 1. The van der Waals surface area contributed by atoms with Gasteiger partial charge in [-0.15, -0.1) is 0 Å². The summed E-state index contributed by atoms with van der Waals surface area (Å²) in [7, 11) is 1.47. The van der Waals surface area contributed by atoms with Gasteiger partial charge < -0.3 is 10.1 Å². The lowest BCUT2D eigenvalue weighted by Gasteiger charge is -2.21. The third-order valence-corrected chi connectivity index (χ3v) is 3.59. The number of methoxy groups -OCH3 is 1. The first-order chi connectivity index (χ1) is 10.9. The standard InChI is InChI=1S/C16H17ClN4O2/c1-11-8-13(15(22)19-16(2,9-18)10-23-3)20-21(11)14-7-5-4-6-12(14)17/h4-8H,10H2,1-3H3,(H,19,22)/t16-/m0/s1. The molecule has 0 aliphatic heterocycles. The maximum Gasteiger partial charge on any atom is 0.273 e. The molecule has 0 bridgehead atoms. The summed E-state index contributed by atoms with van der Waals surface area (Å²) < 4.78 is 6.56. The molecule has 1 amide bonds. The summed E-state index contributed by atoms with van der Waals surface area (Å²) in [4.78, 5) is 12.3. The van der Waals surface area contributed by atoms with Crippen LogP contribution in [0.25, 0.3) is 5.69 Å². The molecule has 0 saturated carbocycles. The Kier molecular flexibility index (Phi) is 5.04. The van der Waals surface area contributed by atoms with E-state index in [1.165, 1.54) is 7.11 Å². The molecule has 1 heterocycles. The second-order valence-corrected chi connectivity index (χ2v) is 5.77. The minimum absolute atomic E-state index is 0.0828. The number of hydrogen-bond donors (Lipinski definition) is 1. The third kappa shape index (κ3) is 3.70. The number of carbonyl (C=O) groups is 1. The second-order valence-electron chi connectivity index (χ2n) is 5.37. The number of para-hydroxylation sites is 1. The molecule has 0 aliphatic carbocycles. The summed E-state index contributed by atoms with van der Waals surface area (Å²) in [6.45, 7) is 3.50. The zero-order chi connectivity index (χ0) is 17.0. The van der Waals surface area contributed by atoms with Gasteiger partial charge in [-0.2, -0.15) is 10.4 Å². The normalized spacial score (nSPS) is 13.2. The van der Waals surface area contributed by atoms with E-state index in [4.69, 9.17) is 16.3 Å². The SMILES string of the molecule is COC[C@](C)(C#N)NC(=O)c1cc(C)n(-c2ccccc2Cl)n1. The largest absolute Gasteiger partial charge is 0.381 e. The van der Waals surface area contributed by atoms with Crippen molar-refractivity contribution in [3.05, 3.63) is 46.7 Å². The lowest BCUT2D eigenvalue weighted by molar-refractivity contribution is 0.0855. The Balaban J connectivity index is 2.30. The van der Waals surface area contributed by atoms with Gasteiger partial charge in [-0.25, -0.2) is 4.68 Å². The van der Waals surface area contributed by atoms with E-state index in [0.29, 0.717) is 10.7 Å². The van der Waals surface area contributed by atoms with E-state index in [9.17, 15) is 10.1 Å². The topological polar surface area (TPSA) is 79.9 Å². The number of aryl methyl sites for hydroxylation is 1. The highest BCUT2D eigenvalue weighted by atomic mass is 35.5. The number of nitrogens with one attached hydrogen (secondary N) is 1. The van der Waals surface area contributed by atoms with E-state index in [1.807, 2.05) is 31.2 Å². The Bertz CT molecular complexity index is 766. The average molecular weight is 333 g/mol. The van der Waals surface area contributed by atoms with Gasteiger partial charge in [-0.1, -0.05) is 23.7 Å². The number of ether oxygens (including phenoxy) is 1. The number of nitriles is 1. The molecule has 2 aromatic rings. The molecule has 0 aliphatic rings. The van der Waals surface area contributed by atoms with Gasteiger partial charge in [0.1, 0.15) is 5.54 Å². The van der Waals surface area contributed by atoms with Crippen LogP contribution in [0.5, 0.6) is 0 Å². The van der Waals surface area contributed by atoms with Crippen molar-refractivity contribution in [1.82, 2.24) is 15.1 Å². The second kappa shape index (κ2) is 6.82. The number of amides is 1. The van der Waals surface area contributed by atoms with Gasteiger partial charge in [0.15, 0.2) is 5.69 Å². The van der Waals surface area contributed by atoms with Crippen molar-refractivity contribution in [2.75, 3.05) is 13.7 Å². The number of halogens is 1. The van der Waals surface area contributed by atoms with Gasteiger partial charge >= 0.3 is 0 Å². The highest BCUT2D eigenvalue weighted by Gasteiger charge is 2.28. The molecular formula is C16H17ClN4O2. The van der Waals surface area contributed by atoms with Gasteiger partial charge in [0.25, 0.3) is 5.91 Å². The van der Waals surface area contributed by atoms with E-state index in [0.717, 1.165) is 5.69 Å². The fourth-order valence-electron chi connectivity index (χ4n) is 2.15. The minimum atomic E-state index is -1.12. The fourth-order valence-corrected chi connectivity index (χ4v) is 2.37. The van der Waals surface area contributed by atoms with E-state index in [2.05, 4.69) is 10.4 Å². The molecule has 1 atom stereocenters. The Hall–Kier alpha value is -2.36. The average Bonchev–Trinajstić information content (AvgIpc) is 2.90. The van der Waals surface area contributed by atoms with Crippen molar-refractivity contribution < 1.29 is 9.53 Å². The Morgan fingerprint density at radius 3 is 2.83 bits per heavy atom. The van der Waals surface area contributed by atoms with Crippen LogP contribution < -0.4 is 5.32 Å². The van der Waals surface area contributed by atoms with Crippen molar-refractivity contribution in [3.63, 3.8) is 0 Å². The van der Waals surface area contributed by atoms with Gasteiger partial charge in [0.05, 0.1) is 23.4 Å². The quantitative estimate of drug-likeness (QED) is 0.912. The van der Waals surface area contributed by atoms with Crippen LogP contribution >= 0.6 is 11.6 Å². The summed E-state index contributed by atoms with van der Waals surface area (Å²) in [5, 5.41) is 16.7. The lowest BCUT2D eigenvalue weighted by atomic mass is 10.1. The predicted molar refractivity (Wildman–Crippen MR) is 86.7 cm³/mol. The van der Waals surface area contributed by atoms with Crippen LogP contribution in [-0.2, 0) is 4.74 Å². The molecule has 1 aromatic heterocycles. The van der Waals surface area contributed by atoms with Crippen LogP contribution in [0.2, 0.25) is 5.02 Å². The number of aromatic nitrogens is 2. The maximum absolute atomic E-state index is 12.3. The minimum Gasteiger partial charge on any atom is -0.381 e. The summed E-state index contributed by atoms with van der Waals surface area (Å²) in [5.41, 5.74) is 0.535. The molecule has 1 N–H and O–H groups in total. The molecule has 0 fully saturated rings. The Morgan fingerprint density at radius 2 is 2.22 bits per heavy atom. The van der Waals surface area contributed by atoms with Crippen molar-refractivity contribution in [2.24, 2.45) is 0 Å². The molecule has 0 unspecified atom stereocenters. The molecule has 23 heavy (non-hydrogen) atoms. The number of nitrogens with zero attached hydrogens (tertiary/aromatic N) is 3. The Morgan fingerprint density at radius 1 is 1.52 bits per heavy atom. The summed E-state index contributed by atoms with van der Waals surface area (Å²) in [6.07, 6.45) is 0. The van der Waals surface area contributed by atoms with Crippen LogP contribution in [0.4, 0.5) is 0 Å². The zero-order valence-corrected chi connectivity index (χ0v) is 13.9. The summed E-state index contributed by atoms with van der Waals surface area (Å²) in [6, 6.07) is 10.9. The van der Waals surface area contributed by atoms with Gasteiger partial charge in [0.2, 0.25) is 0 Å². The smallest absolute Gasteiger partial charge is 0.273 e. The van der Waals surface area contributed by atoms with E-state index >= 15 is 0 Å². The van der Waals surface area contributed by atoms with Crippen molar-refractivity contribution in [1.29, 1.82) is 5.26 Å². The summed E-state index contributed by atoms with van der Waals surface area (Å²) in [5.74, 6) is -0.444. The van der Waals surface area contributed by atoms with E-state index < -0.39 is 11.4 Å². The highest BCUT2D eigenvalue weighted by molar-refractivity contribution is 6.32. The first-order valence-electron chi connectivity index (χ1n) is 6.94. The predicted octanol–water partition coefficient (Wildman–Crippen LogP) is 2.49. The van der Waals surface area contributed by atoms with Crippen molar-refractivity contribution in [3.8, 4) is 11.8 Å². The maximum atomic E-state index is 12.3. The van der Waals surface area contributed by atoms with Crippen LogP contribution in [0.15, 0.2) is 30.3 Å². The summed E-state index contributed by atoms with van der Waals surface area (Å²) >= 11 is 6.17. The zero-order valence-electron chi connectivity index (χ0n) is 13.1. The molecule has 0 radical (unpaired) electrons. The van der Waals surface area contributed by atoms with E-state index in [-0.39, 0.29) is 12.3 Å².